The highest BCUT2D eigenvalue weighted by Gasteiger charge is 2.26. The van der Waals surface area contributed by atoms with Gasteiger partial charge in [0, 0.05) is 18.0 Å². The molecule has 0 spiro atoms. The number of para-hydroxylation sites is 1. The highest BCUT2D eigenvalue weighted by atomic mass is 16.2. The summed E-state index contributed by atoms with van der Waals surface area (Å²) >= 11 is 0. The maximum atomic E-state index is 12.8. The van der Waals surface area contributed by atoms with Gasteiger partial charge in [0.25, 0.3) is 0 Å². The van der Waals surface area contributed by atoms with E-state index in [2.05, 4.69) is 22.8 Å². The van der Waals surface area contributed by atoms with E-state index in [0.29, 0.717) is 19.3 Å². The molecule has 30 heavy (non-hydrogen) atoms. The van der Waals surface area contributed by atoms with E-state index in [4.69, 9.17) is 0 Å². The highest BCUT2D eigenvalue weighted by molar-refractivity contribution is 5.96. The van der Waals surface area contributed by atoms with Gasteiger partial charge in [-0.05, 0) is 42.0 Å². The minimum Gasteiger partial charge on any atom is -0.349 e. The minimum atomic E-state index is -0.171. The summed E-state index contributed by atoms with van der Waals surface area (Å²) in [5.41, 5.74) is 4.28. The van der Waals surface area contributed by atoms with Crippen LogP contribution in [0.25, 0.3) is 0 Å². The molecule has 4 rings (SSSR count). The molecule has 2 amide bonds. The zero-order chi connectivity index (χ0) is 20.8. The Kier molecular flexibility index (Phi) is 6.23. The van der Waals surface area contributed by atoms with Crippen LogP contribution >= 0.6 is 0 Å². The van der Waals surface area contributed by atoms with Crippen LogP contribution in [-0.4, -0.2) is 11.8 Å². The van der Waals surface area contributed by atoms with Crippen molar-refractivity contribution in [2.45, 2.75) is 31.7 Å². The zero-order valence-corrected chi connectivity index (χ0v) is 16.9. The third-order valence-corrected chi connectivity index (χ3v) is 5.65. The SMILES string of the molecule is O=C(CC[C@H]1Cc2ccccc2NC1=O)N[C@H](Cc1ccccc1)c1ccccc1. The van der Waals surface area contributed by atoms with Crippen molar-refractivity contribution in [3.8, 4) is 0 Å². The number of carbonyl (C=O) groups is 2. The van der Waals surface area contributed by atoms with Crippen LogP contribution < -0.4 is 10.6 Å². The Bertz CT molecular complexity index is 1000. The van der Waals surface area contributed by atoms with Gasteiger partial charge in [-0.25, -0.2) is 0 Å². The molecule has 1 heterocycles. The highest BCUT2D eigenvalue weighted by Crippen LogP contribution is 2.27. The molecule has 4 nitrogen and oxygen atoms in total. The summed E-state index contributed by atoms with van der Waals surface area (Å²) in [6, 6.07) is 28.0. The third-order valence-electron chi connectivity index (χ3n) is 5.65. The molecule has 0 fully saturated rings. The molecule has 152 valence electrons. The molecule has 0 saturated heterocycles. The molecule has 0 aliphatic carbocycles. The molecule has 1 aliphatic rings. The average molecular weight is 399 g/mol. The van der Waals surface area contributed by atoms with Crippen LogP contribution in [0.4, 0.5) is 5.69 Å². The molecule has 2 N–H and O–H groups in total. The van der Waals surface area contributed by atoms with Crippen LogP contribution in [0.5, 0.6) is 0 Å². The zero-order valence-electron chi connectivity index (χ0n) is 16.9. The van der Waals surface area contributed by atoms with E-state index in [1.165, 1.54) is 5.56 Å². The topological polar surface area (TPSA) is 58.2 Å². The number of hydrogen-bond donors (Lipinski definition) is 2. The normalized spacial score (nSPS) is 16.3. The second-order valence-electron chi connectivity index (χ2n) is 7.81. The number of hydrogen-bond acceptors (Lipinski definition) is 2. The molecule has 4 heteroatoms. The summed E-state index contributed by atoms with van der Waals surface area (Å²) in [6.45, 7) is 0. The summed E-state index contributed by atoms with van der Waals surface area (Å²) in [4.78, 5) is 25.2. The number of benzene rings is 3. The molecule has 1 aliphatic heterocycles. The van der Waals surface area contributed by atoms with Gasteiger partial charge in [0.2, 0.25) is 11.8 Å². The second kappa shape index (κ2) is 9.40. The second-order valence-corrected chi connectivity index (χ2v) is 7.81. The third kappa shape index (κ3) is 4.95. The smallest absolute Gasteiger partial charge is 0.227 e. The Labute approximate surface area is 177 Å². The van der Waals surface area contributed by atoms with Gasteiger partial charge in [0.15, 0.2) is 0 Å². The molecule has 0 bridgehead atoms. The molecule has 0 radical (unpaired) electrons. The van der Waals surface area contributed by atoms with E-state index in [9.17, 15) is 9.59 Å². The number of carbonyl (C=O) groups excluding carboxylic acids is 2. The minimum absolute atomic E-state index is 0.00500. The van der Waals surface area contributed by atoms with Crippen LogP contribution in [0.1, 0.15) is 35.6 Å². The van der Waals surface area contributed by atoms with E-state index in [1.807, 2.05) is 72.8 Å². The summed E-state index contributed by atoms with van der Waals surface area (Å²) in [6.07, 6.45) is 2.28. The first-order valence-corrected chi connectivity index (χ1v) is 10.5. The van der Waals surface area contributed by atoms with E-state index in [1.54, 1.807) is 0 Å². The maximum Gasteiger partial charge on any atom is 0.227 e. The fourth-order valence-corrected chi connectivity index (χ4v) is 4.01. The van der Waals surface area contributed by atoms with Crippen molar-refractivity contribution in [2.24, 2.45) is 5.92 Å². The van der Waals surface area contributed by atoms with Crippen LogP contribution in [0.15, 0.2) is 84.9 Å². The number of rotatable bonds is 7. The van der Waals surface area contributed by atoms with Crippen molar-refractivity contribution in [2.75, 3.05) is 5.32 Å². The number of amides is 2. The van der Waals surface area contributed by atoms with Gasteiger partial charge in [0.1, 0.15) is 0 Å². The molecule has 3 aromatic carbocycles. The predicted octanol–water partition coefficient (Wildman–Crippen LogP) is 4.68. The molecule has 3 aromatic rings. The van der Waals surface area contributed by atoms with Gasteiger partial charge in [-0.3, -0.25) is 9.59 Å². The molecule has 2 atom stereocenters. The fourth-order valence-electron chi connectivity index (χ4n) is 4.01. The van der Waals surface area contributed by atoms with Crippen LogP contribution in [-0.2, 0) is 22.4 Å². The van der Waals surface area contributed by atoms with Crippen molar-refractivity contribution in [3.63, 3.8) is 0 Å². The van der Waals surface area contributed by atoms with Crippen LogP contribution in [0.2, 0.25) is 0 Å². The van der Waals surface area contributed by atoms with Crippen molar-refractivity contribution >= 4 is 17.5 Å². The van der Waals surface area contributed by atoms with Gasteiger partial charge in [-0.2, -0.15) is 0 Å². The van der Waals surface area contributed by atoms with Gasteiger partial charge in [0.05, 0.1) is 6.04 Å². The number of nitrogens with one attached hydrogen (secondary N) is 2. The Hall–Kier alpha value is -3.40. The van der Waals surface area contributed by atoms with Crippen LogP contribution in [0, 0.1) is 5.92 Å². The quantitative estimate of drug-likeness (QED) is 0.607. The lowest BCUT2D eigenvalue weighted by Crippen LogP contribution is -2.33. The Morgan fingerprint density at radius 2 is 1.60 bits per heavy atom. The van der Waals surface area contributed by atoms with Crippen molar-refractivity contribution < 1.29 is 9.59 Å². The van der Waals surface area contributed by atoms with E-state index >= 15 is 0 Å². The molecule has 0 saturated carbocycles. The van der Waals surface area contributed by atoms with Crippen molar-refractivity contribution in [3.05, 3.63) is 102 Å². The summed E-state index contributed by atoms with van der Waals surface area (Å²) < 4.78 is 0. The average Bonchev–Trinajstić information content (AvgIpc) is 2.78. The Morgan fingerprint density at radius 1 is 0.933 bits per heavy atom. The first-order chi connectivity index (χ1) is 14.7. The van der Waals surface area contributed by atoms with Gasteiger partial charge >= 0.3 is 0 Å². The molecule has 0 aromatic heterocycles. The largest absolute Gasteiger partial charge is 0.349 e. The Morgan fingerprint density at radius 3 is 2.37 bits per heavy atom. The standard InChI is InChI=1S/C26H26N2O2/c29-25(16-15-22-18-21-13-7-8-14-23(21)28-26(22)30)27-24(20-11-5-2-6-12-20)17-19-9-3-1-4-10-19/h1-14,22,24H,15-18H2,(H,27,29)(H,28,30)/t22-,24+/m0/s1. The monoisotopic (exact) mass is 398 g/mol. The molecule has 0 unspecified atom stereocenters. The summed E-state index contributed by atoms with van der Waals surface area (Å²) in [5, 5.41) is 6.15. The first kappa shape index (κ1) is 19.9. The van der Waals surface area contributed by atoms with E-state index in [0.717, 1.165) is 23.2 Å². The van der Waals surface area contributed by atoms with E-state index < -0.39 is 0 Å². The first-order valence-electron chi connectivity index (χ1n) is 10.5. The van der Waals surface area contributed by atoms with Gasteiger partial charge in [-0.1, -0.05) is 78.9 Å². The summed E-state index contributed by atoms with van der Waals surface area (Å²) in [5.74, 6) is -0.188. The lowest BCUT2D eigenvalue weighted by Gasteiger charge is -2.25. The number of fused-ring (bicyclic) bond motifs is 1. The number of anilines is 1. The summed E-state index contributed by atoms with van der Waals surface area (Å²) in [7, 11) is 0. The maximum absolute atomic E-state index is 12.8. The molecular formula is C26H26N2O2. The molecular weight excluding hydrogens is 372 g/mol. The lowest BCUT2D eigenvalue weighted by molar-refractivity contribution is -0.123. The van der Waals surface area contributed by atoms with Gasteiger partial charge < -0.3 is 10.6 Å². The van der Waals surface area contributed by atoms with Crippen molar-refractivity contribution in [1.29, 1.82) is 0 Å². The fraction of sp³-hybridized carbons (Fsp3) is 0.231. The van der Waals surface area contributed by atoms with Crippen LogP contribution in [0.3, 0.4) is 0 Å². The van der Waals surface area contributed by atoms with Crippen molar-refractivity contribution in [1.82, 2.24) is 5.32 Å². The lowest BCUT2D eigenvalue weighted by atomic mass is 9.89. The Balaban J connectivity index is 1.39. The van der Waals surface area contributed by atoms with E-state index in [-0.39, 0.29) is 23.8 Å². The predicted molar refractivity (Wildman–Crippen MR) is 119 cm³/mol. The van der Waals surface area contributed by atoms with Gasteiger partial charge in [-0.15, -0.1) is 0 Å².